The molecule has 0 aromatic rings. The van der Waals surface area contributed by atoms with E-state index in [4.69, 9.17) is 0 Å². The minimum atomic E-state index is 1.02. The second-order valence-electron chi connectivity index (χ2n) is 3.49. The van der Waals surface area contributed by atoms with E-state index in [0.29, 0.717) is 0 Å². The first-order valence-corrected chi connectivity index (χ1v) is 5.53. The van der Waals surface area contributed by atoms with E-state index < -0.39 is 0 Å². The molecule has 0 N–H and O–H groups in total. The lowest BCUT2D eigenvalue weighted by molar-refractivity contribution is 0.691. The van der Waals surface area contributed by atoms with Crippen molar-refractivity contribution < 1.29 is 0 Å². The van der Waals surface area contributed by atoms with E-state index in [1.54, 1.807) is 0 Å². The van der Waals surface area contributed by atoms with Crippen LogP contribution in [0, 0.1) is 6.08 Å². The van der Waals surface area contributed by atoms with E-state index in [-0.39, 0.29) is 0 Å². The first kappa shape index (κ1) is 11.0. The van der Waals surface area contributed by atoms with E-state index in [1.807, 2.05) is 6.08 Å². The first-order chi connectivity index (χ1) is 7.00. The van der Waals surface area contributed by atoms with Crippen molar-refractivity contribution in [1.82, 2.24) is 0 Å². The molecule has 0 bridgehead atoms. The number of hydrogen-bond donors (Lipinski definition) is 0. The monoisotopic (exact) mass is 187 g/mol. The summed E-state index contributed by atoms with van der Waals surface area (Å²) >= 11 is 0. The minimum Gasteiger partial charge on any atom is -0.0845 e. The van der Waals surface area contributed by atoms with Gasteiger partial charge in [-0.2, -0.15) is 0 Å². The minimum absolute atomic E-state index is 1.02. The Morgan fingerprint density at radius 3 is 2.64 bits per heavy atom. The van der Waals surface area contributed by atoms with Crippen molar-refractivity contribution >= 4 is 0 Å². The van der Waals surface area contributed by atoms with Gasteiger partial charge in [0.25, 0.3) is 0 Å². The third-order valence-electron chi connectivity index (χ3n) is 2.20. The lowest BCUT2D eigenvalue weighted by Gasteiger charge is -1.94. The first-order valence-electron chi connectivity index (χ1n) is 5.53. The summed E-state index contributed by atoms with van der Waals surface area (Å²) in [5.41, 5.74) is 0. The Hall–Kier alpha value is -1.04. The Morgan fingerprint density at radius 1 is 0.786 bits per heavy atom. The summed E-state index contributed by atoms with van der Waals surface area (Å²) in [4.78, 5) is 0. The molecule has 0 heteroatoms. The third kappa shape index (κ3) is 6.47. The van der Waals surface area contributed by atoms with Gasteiger partial charge in [0, 0.05) is 0 Å². The molecule has 14 heavy (non-hydrogen) atoms. The number of allylic oxidation sites excluding steroid dienone is 8. The van der Waals surface area contributed by atoms with Gasteiger partial charge in [0.05, 0.1) is 0 Å². The van der Waals surface area contributed by atoms with Crippen molar-refractivity contribution in [1.29, 1.82) is 0 Å². The molecule has 75 valence electrons. The SMILES string of the molecule is [C]1=CC=CCC=CC=CCCCCC1. The van der Waals surface area contributed by atoms with E-state index >= 15 is 0 Å². The summed E-state index contributed by atoms with van der Waals surface area (Å²) in [5.74, 6) is 0. The van der Waals surface area contributed by atoms with Gasteiger partial charge in [0.1, 0.15) is 0 Å². The van der Waals surface area contributed by atoms with Gasteiger partial charge < -0.3 is 0 Å². The standard InChI is InChI=1S/C14H19/c1-2-4-6-8-10-12-14-13-11-9-7-5-3-1/h1-4,7,9,11H,5-6,8,10,12,14H2. The average molecular weight is 187 g/mol. The molecule has 0 fully saturated rings. The molecule has 1 aliphatic rings. The Kier molecular flexibility index (Phi) is 6.74. The molecular weight excluding hydrogens is 168 g/mol. The van der Waals surface area contributed by atoms with Crippen LogP contribution in [0.4, 0.5) is 0 Å². The zero-order valence-electron chi connectivity index (χ0n) is 8.78. The number of rotatable bonds is 0. The highest BCUT2D eigenvalue weighted by Gasteiger charge is 1.85. The Balaban J connectivity index is 2.35. The van der Waals surface area contributed by atoms with Crippen molar-refractivity contribution in [2.75, 3.05) is 0 Å². The zero-order valence-corrected chi connectivity index (χ0v) is 8.78. The van der Waals surface area contributed by atoms with Gasteiger partial charge in [-0.1, -0.05) is 49.0 Å². The fourth-order valence-corrected chi connectivity index (χ4v) is 1.37. The molecule has 0 aromatic carbocycles. The molecule has 0 aromatic heterocycles. The summed E-state index contributed by atoms with van der Waals surface area (Å²) in [6, 6.07) is 0. The second kappa shape index (κ2) is 8.55. The van der Waals surface area contributed by atoms with E-state index in [2.05, 4.69) is 42.5 Å². The molecule has 0 nitrogen and oxygen atoms in total. The highest BCUT2D eigenvalue weighted by molar-refractivity contribution is 5.07. The maximum Gasteiger partial charge on any atom is -0.0163 e. The predicted octanol–water partition coefficient (Wildman–Crippen LogP) is 4.37. The van der Waals surface area contributed by atoms with Gasteiger partial charge in [-0.15, -0.1) is 0 Å². The Bertz CT molecular complexity index is 204. The summed E-state index contributed by atoms with van der Waals surface area (Å²) < 4.78 is 0. The smallest absolute Gasteiger partial charge is 0.0163 e. The van der Waals surface area contributed by atoms with Gasteiger partial charge in [-0.05, 0) is 38.2 Å². The quantitative estimate of drug-likeness (QED) is 0.528. The van der Waals surface area contributed by atoms with Crippen molar-refractivity contribution in [2.24, 2.45) is 0 Å². The van der Waals surface area contributed by atoms with Crippen LogP contribution >= 0.6 is 0 Å². The van der Waals surface area contributed by atoms with Crippen LogP contribution in [0.15, 0.2) is 42.5 Å². The third-order valence-corrected chi connectivity index (χ3v) is 2.20. The van der Waals surface area contributed by atoms with Crippen LogP contribution in [0.5, 0.6) is 0 Å². The maximum atomic E-state index is 3.29. The molecule has 0 heterocycles. The highest BCUT2D eigenvalue weighted by atomic mass is 13.9. The van der Waals surface area contributed by atoms with Crippen LogP contribution < -0.4 is 0 Å². The lowest BCUT2D eigenvalue weighted by atomic mass is 10.1. The van der Waals surface area contributed by atoms with E-state index in [9.17, 15) is 0 Å². The van der Waals surface area contributed by atoms with Crippen molar-refractivity contribution in [3.8, 4) is 0 Å². The van der Waals surface area contributed by atoms with Crippen LogP contribution in [0.2, 0.25) is 0 Å². The zero-order chi connectivity index (χ0) is 9.90. The highest BCUT2D eigenvalue weighted by Crippen LogP contribution is 2.04. The summed E-state index contributed by atoms with van der Waals surface area (Å²) in [5, 5.41) is 0. The second-order valence-corrected chi connectivity index (χ2v) is 3.49. The molecule has 0 spiro atoms. The van der Waals surface area contributed by atoms with Gasteiger partial charge in [0.15, 0.2) is 0 Å². The topological polar surface area (TPSA) is 0 Å². The normalized spacial score (nSPS) is 19.4. The van der Waals surface area contributed by atoms with Gasteiger partial charge in [0.2, 0.25) is 0 Å². The predicted molar refractivity (Wildman–Crippen MR) is 62.9 cm³/mol. The fourth-order valence-electron chi connectivity index (χ4n) is 1.37. The van der Waals surface area contributed by atoms with E-state index in [0.717, 1.165) is 12.8 Å². The van der Waals surface area contributed by atoms with Crippen LogP contribution in [-0.2, 0) is 0 Å². The van der Waals surface area contributed by atoms with Gasteiger partial charge >= 0.3 is 0 Å². The molecular formula is C14H19. The molecule has 1 radical (unpaired) electrons. The van der Waals surface area contributed by atoms with E-state index in [1.165, 1.54) is 25.7 Å². The molecule has 1 aliphatic carbocycles. The van der Waals surface area contributed by atoms with Gasteiger partial charge in [-0.25, -0.2) is 0 Å². The van der Waals surface area contributed by atoms with Crippen molar-refractivity contribution in [2.45, 2.75) is 38.5 Å². The summed E-state index contributed by atoms with van der Waals surface area (Å²) in [7, 11) is 0. The lowest BCUT2D eigenvalue weighted by Crippen LogP contribution is -1.75. The fraction of sp³-hybridized carbons (Fsp3) is 0.429. The maximum absolute atomic E-state index is 3.29. The van der Waals surface area contributed by atoms with Crippen LogP contribution in [-0.4, -0.2) is 0 Å². The summed E-state index contributed by atoms with van der Waals surface area (Å²) in [6.07, 6.45) is 25.5. The van der Waals surface area contributed by atoms with Crippen LogP contribution in [0.1, 0.15) is 38.5 Å². The number of hydrogen-bond acceptors (Lipinski definition) is 0. The summed E-state index contributed by atoms with van der Waals surface area (Å²) in [6.45, 7) is 0. The van der Waals surface area contributed by atoms with Crippen molar-refractivity contribution in [3.05, 3.63) is 48.6 Å². The van der Waals surface area contributed by atoms with Crippen LogP contribution in [0.3, 0.4) is 0 Å². The molecule has 0 amide bonds. The largest absolute Gasteiger partial charge is 0.0845 e. The molecule has 0 saturated carbocycles. The molecule has 0 atom stereocenters. The molecule has 0 aliphatic heterocycles. The van der Waals surface area contributed by atoms with Crippen LogP contribution in [0.25, 0.3) is 0 Å². The Morgan fingerprint density at radius 2 is 1.64 bits per heavy atom. The molecule has 0 unspecified atom stereocenters. The Labute approximate surface area is 87.7 Å². The average Bonchev–Trinajstić information content (AvgIpc) is 2.22. The molecule has 0 saturated heterocycles. The molecule has 1 rings (SSSR count). The van der Waals surface area contributed by atoms with Crippen molar-refractivity contribution in [3.63, 3.8) is 0 Å². The van der Waals surface area contributed by atoms with Gasteiger partial charge in [-0.3, -0.25) is 0 Å².